The summed E-state index contributed by atoms with van der Waals surface area (Å²) in [7, 11) is 0. The second-order valence-electron chi connectivity index (χ2n) is 6.69. The van der Waals surface area contributed by atoms with E-state index in [0.717, 1.165) is 30.6 Å². The number of para-hydroxylation sites is 1. The smallest absolute Gasteiger partial charge is 0.338 e. The van der Waals surface area contributed by atoms with Crippen LogP contribution in [0, 0.1) is 6.92 Å². The third kappa shape index (κ3) is 7.43. The summed E-state index contributed by atoms with van der Waals surface area (Å²) in [4.78, 5) is 24.0. The molecule has 0 aliphatic rings. The van der Waals surface area contributed by atoms with Gasteiger partial charge in [-0.2, -0.15) is 0 Å². The summed E-state index contributed by atoms with van der Waals surface area (Å²) >= 11 is 0. The minimum atomic E-state index is -0.331. The Bertz CT molecular complexity index is 755. The van der Waals surface area contributed by atoms with Crippen molar-refractivity contribution in [3.8, 4) is 5.75 Å². The van der Waals surface area contributed by atoms with Crippen molar-refractivity contribution in [3.05, 3.63) is 59.7 Å². The monoisotopic (exact) mass is 383 g/mol. The molecule has 5 heteroatoms. The number of benzene rings is 2. The van der Waals surface area contributed by atoms with Gasteiger partial charge in [0.25, 0.3) is 0 Å². The van der Waals surface area contributed by atoms with E-state index in [2.05, 4.69) is 12.2 Å². The third-order valence-electron chi connectivity index (χ3n) is 4.28. The van der Waals surface area contributed by atoms with Crippen LogP contribution >= 0.6 is 0 Å². The summed E-state index contributed by atoms with van der Waals surface area (Å²) in [6.07, 6.45) is 4.01. The standard InChI is InChI=1S/C23H29NO4/c1-3-4-7-16-28-23(26)19-12-14-20(15-13-19)24-22(25)11-8-17-27-21-10-6-5-9-18(21)2/h5-6,9-10,12-15H,3-4,7-8,11,16-17H2,1-2H3,(H,24,25). The Balaban J connectivity index is 1.69. The number of aryl methyl sites for hydroxylation is 1. The Kier molecular flexibility index (Phi) is 9.05. The lowest BCUT2D eigenvalue weighted by molar-refractivity contribution is -0.116. The van der Waals surface area contributed by atoms with E-state index in [1.54, 1.807) is 24.3 Å². The van der Waals surface area contributed by atoms with Gasteiger partial charge < -0.3 is 14.8 Å². The third-order valence-corrected chi connectivity index (χ3v) is 4.28. The van der Waals surface area contributed by atoms with E-state index in [9.17, 15) is 9.59 Å². The fourth-order valence-electron chi connectivity index (χ4n) is 2.65. The molecule has 0 atom stereocenters. The molecule has 0 fully saturated rings. The highest BCUT2D eigenvalue weighted by molar-refractivity contribution is 5.93. The fourth-order valence-corrected chi connectivity index (χ4v) is 2.65. The lowest BCUT2D eigenvalue weighted by Crippen LogP contribution is -2.13. The summed E-state index contributed by atoms with van der Waals surface area (Å²) in [5.74, 6) is 0.436. The van der Waals surface area contributed by atoms with Gasteiger partial charge in [0.05, 0.1) is 18.8 Å². The number of hydrogen-bond acceptors (Lipinski definition) is 4. The quantitative estimate of drug-likeness (QED) is 0.431. The van der Waals surface area contributed by atoms with E-state index in [1.165, 1.54) is 0 Å². The van der Waals surface area contributed by atoms with Crippen molar-refractivity contribution in [3.63, 3.8) is 0 Å². The largest absolute Gasteiger partial charge is 0.493 e. The second-order valence-corrected chi connectivity index (χ2v) is 6.69. The Morgan fingerprint density at radius 2 is 1.68 bits per heavy atom. The Labute approximate surface area is 167 Å². The molecule has 0 unspecified atom stereocenters. The van der Waals surface area contributed by atoms with Gasteiger partial charge in [-0.15, -0.1) is 0 Å². The van der Waals surface area contributed by atoms with E-state index in [-0.39, 0.29) is 11.9 Å². The lowest BCUT2D eigenvalue weighted by Gasteiger charge is -2.09. The zero-order valence-corrected chi connectivity index (χ0v) is 16.7. The van der Waals surface area contributed by atoms with Crippen LogP contribution in [-0.2, 0) is 9.53 Å². The van der Waals surface area contributed by atoms with Gasteiger partial charge in [0.1, 0.15) is 5.75 Å². The minimum Gasteiger partial charge on any atom is -0.493 e. The minimum absolute atomic E-state index is 0.0803. The molecule has 0 aromatic heterocycles. The number of ether oxygens (including phenoxy) is 2. The van der Waals surface area contributed by atoms with Crippen LogP contribution in [0.15, 0.2) is 48.5 Å². The second kappa shape index (κ2) is 11.8. The first kappa shape index (κ1) is 21.5. The number of carbonyl (C=O) groups is 2. The van der Waals surface area contributed by atoms with E-state index < -0.39 is 0 Å². The molecule has 0 saturated carbocycles. The molecule has 2 aromatic carbocycles. The average molecular weight is 383 g/mol. The summed E-state index contributed by atoms with van der Waals surface area (Å²) in [6, 6.07) is 14.6. The zero-order valence-electron chi connectivity index (χ0n) is 16.7. The van der Waals surface area contributed by atoms with Gasteiger partial charge in [0.15, 0.2) is 0 Å². The molecule has 0 bridgehead atoms. The number of anilines is 1. The molecule has 28 heavy (non-hydrogen) atoms. The summed E-state index contributed by atoms with van der Waals surface area (Å²) < 4.78 is 10.9. The van der Waals surface area contributed by atoms with Crippen molar-refractivity contribution in [2.24, 2.45) is 0 Å². The van der Waals surface area contributed by atoms with Gasteiger partial charge in [-0.25, -0.2) is 4.79 Å². The summed E-state index contributed by atoms with van der Waals surface area (Å²) in [5.41, 5.74) is 2.23. The fraction of sp³-hybridized carbons (Fsp3) is 0.391. The van der Waals surface area contributed by atoms with E-state index in [4.69, 9.17) is 9.47 Å². The highest BCUT2D eigenvalue weighted by atomic mass is 16.5. The van der Waals surface area contributed by atoms with Crippen LogP contribution in [0.4, 0.5) is 5.69 Å². The molecule has 0 aliphatic carbocycles. The maximum Gasteiger partial charge on any atom is 0.338 e. The normalized spacial score (nSPS) is 10.4. The SMILES string of the molecule is CCCCCOC(=O)c1ccc(NC(=O)CCCOc2ccccc2C)cc1. The highest BCUT2D eigenvalue weighted by Crippen LogP contribution is 2.16. The van der Waals surface area contributed by atoms with E-state index >= 15 is 0 Å². The Morgan fingerprint density at radius 1 is 0.929 bits per heavy atom. The molecular formula is C23H29NO4. The zero-order chi connectivity index (χ0) is 20.2. The Morgan fingerprint density at radius 3 is 2.39 bits per heavy atom. The van der Waals surface area contributed by atoms with Crippen LogP contribution in [-0.4, -0.2) is 25.1 Å². The van der Waals surface area contributed by atoms with Gasteiger partial charge in [-0.05, 0) is 55.7 Å². The maximum absolute atomic E-state index is 12.1. The number of rotatable bonds is 11. The van der Waals surface area contributed by atoms with Crippen molar-refractivity contribution >= 4 is 17.6 Å². The lowest BCUT2D eigenvalue weighted by atomic mass is 10.2. The van der Waals surface area contributed by atoms with Crippen LogP contribution in [0.2, 0.25) is 0 Å². The van der Waals surface area contributed by atoms with Crippen LogP contribution in [0.5, 0.6) is 5.75 Å². The predicted octanol–water partition coefficient (Wildman–Crippen LogP) is 5.14. The number of hydrogen-bond donors (Lipinski definition) is 1. The maximum atomic E-state index is 12.1. The van der Waals surface area contributed by atoms with Crippen molar-refractivity contribution < 1.29 is 19.1 Å². The van der Waals surface area contributed by atoms with Crippen LogP contribution in [0.1, 0.15) is 54.9 Å². The van der Waals surface area contributed by atoms with Crippen LogP contribution < -0.4 is 10.1 Å². The van der Waals surface area contributed by atoms with Crippen molar-refractivity contribution in [2.45, 2.75) is 46.0 Å². The van der Waals surface area contributed by atoms with Gasteiger partial charge in [-0.3, -0.25) is 4.79 Å². The van der Waals surface area contributed by atoms with Crippen molar-refractivity contribution in [1.29, 1.82) is 0 Å². The number of amides is 1. The molecule has 0 heterocycles. The number of nitrogens with one attached hydrogen (secondary N) is 1. The molecule has 0 saturated heterocycles. The highest BCUT2D eigenvalue weighted by Gasteiger charge is 2.08. The molecule has 1 amide bonds. The molecule has 0 aliphatic heterocycles. The average Bonchev–Trinajstić information content (AvgIpc) is 2.70. The van der Waals surface area contributed by atoms with Gasteiger partial charge in [0.2, 0.25) is 5.91 Å². The van der Waals surface area contributed by atoms with Gasteiger partial charge in [0, 0.05) is 12.1 Å². The summed E-state index contributed by atoms with van der Waals surface area (Å²) in [6.45, 7) is 5.02. The topological polar surface area (TPSA) is 64.6 Å². The predicted molar refractivity (Wildman–Crippen MR) is 111 cm³/mol. The van der Waals surface area contributed by atoms with E-state index in [1.807, 2.05) is 31.2 Å². The molecule has 1 N–H and O–H groups in total. The Hall–Kier alpha value is -2.82. The van der Waals surface area contributed by atoms with Gasteiger partial charge in [-0.1, -0.05) is 38.0 Å². The van der Waals surface area contributed by atoms with Crippen LogP contribution in [0.25, 0.3) is 0 Å². The van der Waals surface area contributed by atoms with Gasteiger partial charge >= 0.3 is 5.97 Å². The number of carbonyl (C=O) groups excluding carboxylic acids is 2. The molecule has 150 valence electrons. The molecular weight excluding hydrogens is 354 g/mol. The number of esters is 1. The first-order valence-electron chi connectivity index (χ1n) is 9.85. The van der Waals surface area contributed by atoms with Crippen LogP contribution in [0.3, 0.4) is 0 Å². The number of unbranched alkanes of at least 4 members (excludes halogenated alkanes) is 2. The van der Waals surface area contributed by atoms with E-state index in [0.29, 0.717) is 37.3 Å². The van der Waals surface area contributed by atoms with Crippen molar-refractivity contribution in [2.75, 3.05) is 18.5 Å². The molecule has 2 rings (SSSR count). The first-order valence-corrected chi connectivity index (χ1v) is 9.85. The van der Waals surface area contributed by atoms with Crippen molar-refractivity contribution in [1.82, 2.24) is 0 Å². The molecule has 0 spiro atoms. The summed E-state index contributed by atoms with van der Waals surface area (Å²) in [5, 5.41) is 2.83. The molecule has 0 radical (unpaired) electrons. The molecule has 5 nitrogen and oxygen atoms in total. The first-order chi connectivity index (χ1) is 13.6. The molecule has 2 aromatic rings.